The van der Waals surface area contributed by atoms with Crippen LogP contribution in [0.2, 0.25) is 0 Å². The van der Waals surface area contributed by atoms with Crippen molar-refractivity contribution in [1.82, 2.24) is 15.2 Å². The molecular weight excluding hydrogens is 306 g/mol. The maximum absolute atomic E-state index is 12.3. The number of benzene rings is 1. The van der Waals surface area contributed by atoms with Crippen LogP contribution in [-0.2, 0) is 18.4 Å². The number of hydrogen-bond acceptors (Lipinski definition) is 3. The number of urea groups is 1. The Morgan fingerprint density at radius 2 is 2.09 bits per heavy atom. The summed E-state index contributed by atoms with van der Waals surface area (Å²) < 4.78 is 0. The summed E-state index contributed by atoms with van der Waals surface area (Å²) in [5.41, 5.74) is 2.44. The van der Waals surface area contributed by atoms with Crippen LogP contribution in [0.1, 0.15) is 36.0 Å². The van der Waals surface area contributed by atoms with E-state index in [2.05, 4.69) is 41.5 Å². The van der Waals surface area contributed by atoms with Crippen LogP contribution in [0.3, 0.4) is 0 Å². The summed E-state index contributed by atoms with van der Waals surface area (Å²) in [5, 5.41) is 6.24. The fourth-order valence-electron chi connectivity index (χ4n) is 2.79. The molecule has 1 N–H and O–H groups in total. The molecule has 5 heteroatoms. The Hall–Kier alpha value is -1.88. The topological polar surface area (TPSA) is 45.2 Å². The van der Waals surface area contributed by atoms with Gasteiger partial charge in [-0.3, -0.25) is 0 Å². The largest absolute Gasteiger partial charge is 0.337 e. The minimum absolute atomic E-state index is 0.0294. The van der Waals surface area contributed by atoms with Crippen molar-refractivity contribution >= 4 is 17.4 Å². The molecule has 122 valence electrons. The molecule has 0 atom stereocenters. The standard InChI is InChI=1S/C18H23N3OS/c1-3-16-20-15(12-23-16)11-21(2)17(22)19-13-18(9-10-18)14-7-5-4-6-8-14/h4-8,12H,3,9-11,13H2,1-2H3,(H,19,22). The molecule has 2 aromatic rings. The first-order valence-corrected chi connectivity index (χ1v) is 8.99. The number of carbonyl (C=O) groups is 1. The van der Waals surface area contributed by atoms with Crippen LogP contribution >= 0.6 is 11.3 Å². The second-order valence-electron chi connectivity index (χ2n) is 6.25. The van der Waals surface area contributed by atoms with Crippen LogP contribution in [0.5, 0.6) is 0 Å². The van der Waals surface area contributed by atoms with Gasteiger partial charge in [-0.1, -0.05) is 37.3 Å². The smallest absolute Gasteiger partial charge is 0.317 e. The van der Waals surface area contributed by atoms with Crippen LogP contribution in [0, 0.1) is 0 Å². The van der Waals surface area contributed by atoms with E-state index < -0.39 is 0 Å². The summed E-state index contributed by atoms with van der Waals surface area (Å²) in [6, 6.07) is 10.4. The van der Waals surface area contributed by atoms with Crippen molar-refractivity contribution in [3.05, 3.63) is 52.0 Å². The number of rotatable bonds is 6. The number of hydrogen-bond donors (Lipinski definition) is 1. The first kappa shape index (κ1) is 16.0. The van der Waals surface area contributed by atoms with Crippen LogP contribution in [-0.4, -0.2) is 29.5 Å². The quantitative estimate of drug-likeness (QED) is 0.880. The van der Waals surface area contributed by atoms with Gasteiger partial charge in [0.05, 0.1) is 17.2 Å². The highest BCUT2D eigenvalue weighted by atomic mass is 32.1. The van der Waals surface area contributed by atoms with Gasteiger partial charge in [-0.2, -0.15) is 0 Å². The van der Waals surface area contributed by atoms with Crippen molar-refractivity contribution in [2.45, 2.75) is 38.1 Å². The zero-order chi connectivity index (χ0) is 16.3. The zero-order valence-corrected chi connectivity index (χ0v) is 14.5. The third kappa shape index (κ3) is 3.72. The van der Waals surface area contributed by atoms with Crippen molar-refractivity contribution in [2.24, 2.45) is 0 Å². The van der Waals surface area contributed by atoms with Gasteiger partial charge in [-0.05, 0) is 24.8 Å². The Morgan fingerprint density at radius 3 is 2.70 bits per heavy atom. The first-order chi connectivity index (χ1) is 11.1. The number of nitrogens with zero attached hydrogens (tertiary/aromatic N) is 2. The maximum Gasteiger partial charge on any atom is 0.317 e. The van der Waals surface area contributed by atoms with Crippen molar-refractivity contribution < 1.29 is 4.79 Å². The Bertz CT molecular complexity index is 664. The van der Waals surface area contributed by atoms with Crippen molar-refractivity contribution in [3.8, 4) is 0 Å². The van der Waals surface area contributed by atoms with Crippen molar-refractivity contribution in [3.63, 3.8) is 0 Å². The van der Waals surface area contributed by atoms with Crippen LogP contribution < -0.4 is 5.32 Å². The molecule has 0 aliphatic heterocycles. The molecular formula is C18H23N3OS. The highest BCUT2D eigenvalue weighted by Crippen LogP contribution is 2.47. The number of aromatic nitrogens is 1. The van der Waals surface area contributed by atoms with Crippen LogP contribution in [0.4, 0.5) is 4.79 Å². The normalized spacial score (nSPS) is 15.2. The molecule has 1 aliphatic carbocycles. The number of thiazole rings is 1. The Kier molecular flexibility index (Phi) is 4.66. The second kappa shape index (κ2) is 6.71. The van der Waals surface area contributed by atoms with E-state index in [1.54, 1.807) is 16.2 Å². The molecule has 0 saturated heterocycles. The van der Waals surface area contributed by atoms with E-state index in [0.29, 0.717) is 13.1 Å². The molecule has 1 aromatic carbocycles. The molecule has 1 saturated carbocycles. The lowest BCUT2D eigenvalue weighted by Gasteiger charge is -2.21. The van der Waals surface area contributed by atoms with Gasteiger partial charge in [0.25, 0.3) is 0 Å². The number of aryl methyl sites for hydroxylation is 1. The minimum atomic E-state index is -0.0294. The van der Waals surface area contributed by atoms with Gasteiger partial charge < -0.3 is 10.2 Å². The molecule has 4 nitrogen and oxygen atoms in total. The van der Waals surface area contributed by atoms with E-state index in [9.17, 15) is 4.79 Å². The van der Waals surface area contributed by atoms with Crippen molar-refractivity contribution in [2.75, 3.05) is 13.6 Å². The van der Waals surface area contributed by atoms with E-state index in [0.717, 1.165) is 30.0 Å². The van der Waals surface area contributed by atoms with Gasteiger partial charge in [0.15, 0.2) is 0 Å². The highest BCUT2D eigenvalue weighted by molar-refractivity contribution is 7.09. The first-order valence-electron chi connectivity index (χ1n) is 8.11. The zero-order valence-electron chi connectivity index (χ0n) is 13.7. The highest BCUT2D eigenvalue weighted by Gasteiger charge is 2.44. The second-order valence-corrected chi connectivity index (χ2v) is 7.19. The molecule has 3 rings (SSSR count). The predicted octanol–water partition coefficient (Wildman–Crippen LogP) is 3.58. The lowest BCUT2D eigenvalue weighted by molar-refractivity contribution is 0.205. The van der Waals surface area contributed by atoms with E-state index >= 15 is 0 Å². The van der Waals surface area contributed by atoms with Crippen LogP contribution in [0.25, 0.3) is 0 Å². The van der Waals surface area contributed by atoms with E-state index in [4.69, 9.17) is 0 Å². The van der Waals surface area contributed by atoms with E-state index in [-0.39, 0.29) is 11.4 Å². The van der Waals surface area contributed by atoms with E-state index in [1.165, 1.54) is 5.56 Å². The average molecular weight is 329 g/mol. The van der Waals surface area contributed by atoms with Gasteiger partial charge in [-0.25, -0.2) is 9.78 Å². The fraction of sp³-hybridized carbons (Fsp3) is 0.444. The summed E-state index contributed by atoms with van der Waals surface area (Å²) in [6.45, 7) is 3.36. The summed E-state index contributed by atoms with van der Waals surface area (Å²) in [4.78, 5) is 18.5. The van der Waals surface area contributed by atoms with Gasteiger partial charge in [0.2, 0.25) is 0 Å². The lowest BCUT2D eigenvalue weighted by atomic mass is 9.96. The maximum atomic E-state index is 12.3. The number of carbonyl (C=O) groups excluding carboxylic acids is 1. The van der Waals surface area contributed by atoms with Gasteiger partial charge >= 0.3 is 6.03 Å². The van der Waals surface area contributed by atoms with Gasteiger partial charge in [0.1, 0.15) is 0 Å². The fourth-order valence-corrected chi connectivity index (χ4v) is 3.52. The third-order valence-corrected chi connectivity index (χ3v) is 5.51. The SMILES string of the molecule is CCc1nc(CN(C)C(=O)NCC2(c3ccccc3)CC2)cs1. The Labute approximate surface area is 141 Å². The summed E-state index contributed by atoms with van der Waals surface area (Å²) in [6.07, 6.45) is 3.24. The van der Waals surface area contributed by atoms with Crippen LogP contribution in [0.15, 0.2) is 35.7 Å². The monoisotopic (exact) mass is 329 g/mol. The predicted molar refractivity (Wildman–Crippen MR) is 93.7 cm³/mol. The molecule has 0 bridgehead atoms. The molecule has 0 unspecified atom stereocenters. The summed E-state index contributed by atoms with van der Waals surface area (Å²) in [5.74, 6) is 0. The number of nitrogens with one attached hydrogen (secondary N) is 1. The molecule has 1 aromatic heterocycles. The third-order valence-electron chi connectivity index (χ3n) is 4.47. The Morgan fingerprint density at radius 1 is 1.35 bits per heavy atom. The molecule has 1 aliphatic rings. The van der Waals surface area contributed by atoms with Crippen molar-refractivity contribution in [1.29, 1.82) is 0 Å². The Balaban J connectivity index is 1.53. The molecule has 1 fully saturated rings. The lowest BCUT2D eigenvalue weighted by Crippen LogP contribution is -2.40. The molecule has 1 heterocycles. The number of amides is 2. The molecule has 23 heavy (non-hydrogen) atoms. The van der Waals surface area contributed by atoms with E-state index in [1.807, 2.05) is 18.5 Å². The molecule has 2 amide bonds. The minimum Gasteiger partial charge on any atom is -0.337 e. The van der Waals surface area contributed by atoms with Gasteiger partial charge in [-0.15, -0.1) is 11.3 Å². The van der Waals surface area contributed by atoms with Gasteiger partial charge in [0, 0.05) is 24.4 Å². The molecule has 0 spiro atoms. The molecule has 0 radical (unpaired) electrons. The summed E-state index contributed by atoms with van der Waals surface area (Å²) in [7, 11) is 1.82. The average Bonchev–Trinajstić information content (AvgIpc) is 3.25. The summed E-state index contributed by atoms with van der Waals surface area (Å²) >= 11 is 1.66.